The normalized spacial score (nSPS) is 12.5. The van der Waals surface area contributed by atoms with E-state index in [4.69, 9.17) is 4.74 Å². The van der Waals surface area contributed by atoms with Gasteiger partial charge in [0.05, 0.1) is 17.7 Å². The average molecular weight is 305 g/mol. The fraction of sp³-hybridized carbons (Fsp3) is 0.500. The fourth-order valence-electron chi connectivity index (χ4n) is 1.46. The summed E-state index contributed by atoms with van der Waals surface area (Å²) in [4.78, 5) is 0. The Labute approximate surface area is 110 Å². The summed E-state index contributed by atoms with van der Waals surface area (Å²) in [5, 5.41) is 9.79. The zero-order valence-corrected chi connectivity index (χ0v) is 12.0. The van der Waals surface area contributed by atoms with Crippen molar-refractivity contribution in [1.29, 1.82) is 0 Å². The molecule has 0 aliphatic rings. The molecule has 1 unspecified atom stereocenters. The molecule has 0 bridgehead atoms. The molecular weight excluding hydrogens is 288 g/mol. The largest absolute Gasteiger partial charge is 0.496 e. The van der Waals surface area contributed by atoms with Crippen LogP contribution in [0, 0.1) is 0 Å². The number of aliphatic hydroxyl groups is 1. The van der Waals surface area contributed by atoms with E-state index in [1.165, 1.54) is 0 Å². The molecule has 0 aliphatic carbocycles. The molecule has 0 aliphatic heterocycles. The summed E-state index contributed by atoms with van der Waals surface area (Å²) in [6.45, 7) is 0. The molecule has 2 nitrogen and oxygen atoms in total. The summed E-state index contributed by atoms with van der Waals surface area (Å²) in [6, 6.07) is 5.91. The van der Waals surface area contributed by atoms with E-state index in [1.54, 1.807) is 18.9 Å². The van der Waals surface area contributed by atoms with Crippen molar-refractivity contribution in [3.63, 3.8) is 0 Å². The van der Waals surface area contributed by atoms with Crippen molar-refractivity contribution in [1.82, 2.24) is 0 Å². The summed E-state index contributed by atoms with van der Waals surface area (Å²) in [5.74, 6) is 1.82. The summed E-state index contributed by atoms with van der Waals surface area (Å²) in [5.41, 5.74) is 1.13. The highest BCUT2D eigenvalue weighted by molar-refractivity contribution is 9.10. The summed E-state index contributed by atoms with van der Waals surface area (Å²) in [6.07, 6.45) is 3.33. The second-order valence-corrected chi connectivity index (χ2v) is 5.45. The number of hydrogen-bond donors (Lipinski definition) is 1. The molecule has 0 radical (unpaired) electrons. The van der Waals surface area contributed by atoms with Crippen molar-refractivity contribution in [2.45, 2.75) is 18.9 Å². The molecule has 1 N–H and O–H groups in total. The molecule has 1 aromatic rings. The molecule has 0 aromatic heterocycles. The van der Waals surface area contributed by atoms with E-state index in [2.05, 4.69) is 22.2 Å². The van der Waals surface area contributed by atoms with Crippen LogP contribution in [-0.2, 0) is 6.42 Å². The molecule has 0 saturated heterocycles. The zero-order chi connectivity index (χ0) is 12.0. The Morgan fingerprint density at radius 1 is 1.50 bits per heavy atom. The maximum absolute atomic E-state index is 9.79. The SMILES string of the molecule is COc1ccc(CC(O)CCSC)cc1Br. The van der Waals surface area contributed by atoms with Crippen LogP contribution in [0.4, 0.5) is 0 Å². The van der Waals surface area contributed by atoms with Gasteiger partial charge >= 0.3 is 0 Å². The van der Waals surface area contributed by atoms with Crippen LogP contribution in [0.3, 0.4) is 0 Å². The fourth-order valence-corrected chi connectivity index (χ4v) is 2.56. The minimum Gasteiger partial charge on any atom is -0.496 e. The second kappa shape index (κ2) is 7.20. The lowest BCUT2D eigenvalue weighted by Crippen LogP contribution is -2.11. The third-order valence-corrected chi connectivity index (χ3v) is 3.61. The highest BCUT2D eigenvalue weighted by Crippen LogP contribution is 2.26. The van der Waals surface area contributed by atoms with Crippen LogP contribution >= 0.6 is 27.7 Å². The Morgan fingerprint density at radius 3 is 2.81 bits per heavy atom. The van der Waals surface area contributed by atoms with E-state index >= 15 is 0 Å². The van der Waals surface area contributed by atoms with Crippen molar-refractivity contribution < 1.29 is 9.84 Å². The van der Waals surface area contributed by atoms with Gasteiger partial charge < -0.3 is 9.84 Å². The van der Waals surface area contributed by atoms with Crippen molar-refractivity contribution in [2.75, 3.05) is 19.1 Å². The van der Waals surface area contributed by atoms with E-state index in [-0.39, 0.29) is 6.10 Å². The predicted molar refractivity (Wildman–Crippen MR) is 73.4 cm³/mol. The van der Waals surface area contributed by atoms with Crippen LogP contribution in [0.25, 0.3) is 0 Å². The van der Waals surface area contributed by atoms with Crippen molar-refractivity contribution in [2.24, 2.45) is 0 Å². The van der Waals surface area contributed by atoms with Gasteiger partial charge in [-0.2, -0.15) is 11.8 Å². The first-order valence-corrected chi connectivity index (χ1v) is 7.35. The third kappa shape index (κ3) is 4.36. The van der Waals surface area contributed by atoms with Crippen LogP contribution in [0.1, 0.15) is 12.0 Å². The molecule has 1 rings (SSSR count). The highest BCUT2D eigenvalue weighted by atomic mass is 79.9. The quantitative estimate of drug-likeness (QED) is 0.875. The lowest BCUT2D eigenvalue weighted by molar-refractivity contribution is 0.172. The maximum Gasteiger partial charge on any atom is 0.133 e. The number of hydrogen-bond acceptors (Lipinski definition) is 3. The van der Waals surface area contributed by atoms with Gasteiger partial charge in [-0.1, -0.05) is 6.07 Å². The van der Waals surface area contributed by atoms with E-state index in [9.17, 15) is 5.11 Å². The monoisotopic (exact) mass is 304 g/mol. The second-order valence-electron chi connectivity index (χ2n) is 3.61. The number of ether oxygens (including phenoxy) is 1. The first-order chi connectivity index (χ1) is 7.67. The summed E-state index contributed by atoms with van der Waals surface area (Å²) in [7, 11) is 1.65. The van der Waals surface area contributed by atoms with Gasteiger partial charge in [0.25, 0.3) is 0 Å². The van der Waals surface area contributed by atoms with Gasteiger partial charge in [-0.25, -0.2) is 0 Å². The van der Waals surface area contributed by atoms with Crippen LogP contribution in [0.2, 0.25) is 0 Å². The summed E-state index contributed by atoms with van der Waals surface area (Å²) >= 11 is 5.20. The van der Waals surface area contributed by atoms with Crippen molar-refractivity contribution in [3.05, 3.63) is 28.2 Å². The Balaban J connectivity index is 2.57. The molecule has 0 amide bonds. The molecule has 4 heteroatoms. The van der Waals surface area contributed by atoms with Gasteiger partial charge in [0.2, 0.25) is 0 Å². The predicted octanol–water partition coefficient (Wildman–Crippen LogP) is 3.11. The van der Waals surface area contributed by atoms with Crippen molar-refractivity contribution >= 4 is 27.7 Å². The number of methoxy groups -OCH3 is 1. The van der Waals surface area contributed by atoms with Gasteiger partial charge in [-0.3, -0.25) is 0 Å². The van der Waals surface area contributed by atoms with E-state index in [1.807, 2.05) is 18.2 Å². The van der Waals surface area contributed by atoms with Crippen LogP contribution in [-0.4, -0.2) is 30.3 Å². The van der Waals surface area contributed by atoms with E-state index in [0.717, 1.165) is 28.0 Å². The van der Waals surface area contributed by atoms with Crippen LogP contribution in [0.5, 0.6) is 5.75 Å². The third-order valence-electron chi connectivity index (χ3n) is 2.34. The topological polar surface area (TPSA) is 29.5 Å². The Bertz CT molecular complexity index is 331. The summed E-state index contributed by atoms with van der Waals surface area (Å²) < 4.78 is 6.09. The average Bonchev–Trinajstić information content (AvgIpc) is 2.26. The molecular formula is C12H17BrO2S. The van der Waals surface area contributed by atoms with E-state index < -0.39 is 0 Å². The first kappa shape index (κ1) is 13.9. The molecule has 0 heterocycles. The molecule has 90 valence electrons. The number of halogens is 1. The minimum absolute atomic E-state index is 0.257. The Morgan fingerprint density at radius 2 is 2.25 bits per heavy atom. The van der Waals surface area contributed by atoms with Crippen molar-refractivity contribution in [3.8, 4) is 5.75 Å². The smallest absolute Gasteiger partial charge is 0.133 e. The maximum atomic E-state index is 9.79. The first-order valence-electron chi connectivity index (χ1n) is 5.16. The molecule has 0 fully saturated rings. The lowest BCUT2D eigenvalue weighted by Gasteiger charge is -2.11. The van der Waals surface area contributed by atoms with Gasteiger partial charge in [0, 0.05) is 0 Å². The molecule has 1 aromatic carbocycles. The van der Waals surface area contributed by atoms with Crippen LogP contribution in [0.15, 0.2) is 22.7 Å². The Kier molecular flexibility index (Phi) is 6.24. The molecule has 0 spiro atoms. The number of aliphatic hydroxyl groups excluding tert-OH is 1. The van der Waals surface area contributed by atoms with Gasteiger partial charge in [0.15, 0.2) is 0 Å². The van der Waals surface area contributed by atoms with Gasteiger partial charge in [-0.15, -0.1) is 0 Å². The lowest BCUT2D eigenvalue weighted by atomic mass is 10.1. The van der Waals surface area contributed by atoms with E-state index in [0.29, 0.717) is 6.42 Å². The Hall–Kier alpha value is -0.190. The standard InChI is InChI=1S/C12H17BrO2S/c1-15-12-4-3-9(8-11(12)13)7-10(14)5-6-16-2/h3-4,8,10,14H,5-7H2,1-2H3. The minimum atomic E-state index is -0.257. The number of thioether (sulfide) groups is 1. The zero-order valence-electron chi connectivity index (χ0n) is 9.57. The molecule has 1 atom stereocenters. The highest BCUT2D eigenvalue weighted by Gasteiger charge is 2.07. The molecule has 16 heavy (non-hydrogen) atoms. The van der Waals surface area contributed by atoms with Gasteiger partial charge in [-0.05, 0) is 58.5 Å². The number of benzene rings is 1. The molecule has 0 saturated carbocycles. The van der Waals surface area contributed by atoms with Crippen LogP contribution < -0.4 is 4.74 Å². The number of rotatable bonds is 6. The van der Waals surface area contributed by atoms with Gasteiger partial charge in [0.1, 0.15) is 5.75 Å².